The molecular weight excluding hydrogens is 1300 g/mol. The summed E-state index contributed by atoms with van der Waals surface area (Å²) in [7, 11) is 0. The van der Waals surface area contributed by atoms with Crippen molar-refractivity contribution in [3.05, 3.63) is 24.3 Å². The summed E-state index contributed by atoms with van der Waals surface area (Å²) in [6.07, 6.45) is 9.80. The Kier molecular flexibility index (Phi) is 11.9. The minimum Gasteiger partial charge on any atom is -0.380 e. The maximum atomic E-state index is 7.67. The molecule has 2 fully saturated rings. The second-order valence-electron chi connectivity index (χ2n) is 10.8. The van der Waals surface area contributed by atoms with Gasteiger partial charge in [-0.15, -0.1) is 0 Å². The van der Waals surface area contributed by atoms with Crippen LogP contribution in [-0.4, -0.2) is 69.9 Å². The van der Waals surface area contributed by atoms with E-state index in [4.69, 9.17) is 14.2 Å². The number of halogens is 12. The third-order valence-electron chi connectivity index (χ3n) is 8.62. The Bertz CT molecular complexity index is 919. The van der Waals surface area contributed by atoms with E-state index in [0.29, 0.717) is 26.4 Å². The van der Waals surface area contributed by atoms with Gasteiger partial charge in [0.1, 0.15) is 12.9 Å². The van der Waals surface area contributed by atoms with Gasteiger partial charge in [-0.05, 0) is 12.8 Å². The summed E-state index contributed by atoms with van der Waals surface area (Å²) in [5, 5.41) is 0. The zero-order chi connectivity index (χ0) is 29.5. The van der Waals surface area contributed by atoms with Crippen molar-refractivity contribution in [1.29, 1.82) is 0 Å². The van der Waals surface area contributed by atoms with Crippen LogP contribution in [0, 0.1) is 10.8 Å². The molecule has 0 saturated carbocycles. The summed E-state index contributed by atoms with van der Waals surface area (Å²) in [6, 6.07) is 0. The minimum atomic E-state index is -0.720. The SMILES string of the molecule is CCC1(C(OC(C2(CC)COC2)C2(Br)C=CC(Br)C(Br)(Br)C2(Br)Br)C2(Br)C=CC(Br)C(Br)(Br)C2(Br)Br)COC1. The van der Waals surface area contributed by atoms with Crippen molar-refractivity contribution in [3.63, 3.8) is 0 Å². The number of allylic oxidation sites excluding steroid dienone is 2. The summed E-state index contributed by atoms with van der Waals surface area (Å²) in [5.74, 6) is 0. The molecule has 2 aliphatic heterocycles. The molecule has 3 nitrogen and oxygen atoms in total. The fourth-order valence-corrected chi connectivity index (χ4v) is 15.3. The minimum absolute atomic E-state index is 0.0112. The third kappa shape index (κ3) is 5.50. The smallest absolute Gasteiger partial charge is 0.128 e. The predicted octanol–water partition coefficient (Wildman–Crippen LogP) is 11.5. The van der Waals surface area contributed by atoms with Crippen LogP contribution in [-0.2, 0) is 14.2 Å². The van der Waals surface area contributed by atoms with Gasteiger partial charge < -0.3 is 14.2 Å². The zero-order valence-corrected chi connectivity index (χ0v) is 39.7. The monoisotopic (exact) mass is 1310 g/mol. The van der Waals surface area contributed by atoms with Crippen molar-refractivity contribution >= 4 is 191 Å². The van der Waals surface area contributed by atoms with Crippen molar-refractivity contribution in [2.45, 2.75) is 70.1 Å². The Balaban J connectivity index is 1.93. The maximum absolute atomic E-state index is 7.67. The summed E-state index contributed by atoms with van der Waals surface area (Å²) in [4.78, 5) is -0.0224. The van der Waals surface area contributed by atoms with Crippen molar-refractivity contribution in [3.8, 4) is 0 Å². The fraction of sp³-hybridized carbons (Fsp3) is 0.833. The number of alkyl halides is 12. The van der Waals surface area contributed by atoms with E-state index in [1.807, 2.05) is 0 Å². The Morgan fingerprint density at radius 3 is 1.18 bits per heavy atom. The van der Waals surface area contributed by atoms with E-state index < -0.39 is 21.6 Å². The quantitative estimate of drug-likeness (QED) is 0.179. The van der Waals surface area contributed by atoms with Gasteiger partial charge in [0.2, 0.25) is 0 Å². The Morgan fingerprint density at radius 1 is 0.641 bits per heavy atom. The molecule has 0 spiro atoms. The van der Waals surface area contributed by atoms with Crippen molar-refractivity contribution in [1.82, 2.24) is 0 Å². The van der Waals surface area contributed by atoms with Crippen molar-refractivity contribution in [2.24, 2.45) is 10.8 Å². The molecule has 2 aliphatic carbocycles. The Labute approximate surface area is 331 Å². The lowest BCUT2D eigenvalue weighted by molar-refractivity contribution is -0.257. The third-order valence-corrected chi connectivity index (χ3v) is 31.5. The molecule has 0 amide bonds. The van der Waals surface area contributed by atoms with E-state index in [2.05, 4.69) is 229 Å². The first-order valence-corrected chi connectivity index (χ1v) is 21.9. The molecule has 224 valence electrons. The molecule has 0 aromatic heterocycles. The lowest BCUT2D eigenvalue weighted by Crippen LogP contribution is -2.73. The van der Waals surface area contributed by atoms with E-state index in [-0.39, 0.29) is 32.7 Å². The van der Waals surface area contributed by atoms with Crippen LogP contribution in [0.1, 0.15) is 26.7 Å². The van der Waals surface area contributed by atoms with Gasteiger partial charge in [-0.3, -0.25) is 0 Å². The first-order chi connectivity index (χ1) is 17.8. The Hall–Kier alpha value is 5.12. The van der Waals surface area contributed by atoms with Gasteiger partial charge in [0.15, 0.2) is 0 Å². The zero-order valence-electron chi connectivity index (χ0n) is 20.6. The van der Waals surface area contributed by atoms with E-state index >= 15 is 0 Å². The first-order valence-electron chi connectivity index (χ1n) is 12.1. The Morgan fingerprint density at radius 2 is 0.949 bits per heavy atom. The lowest BCUT2D eigenvalue weighted by Gasteiger charge is -2.63. The van der Waals surface area contributed by atoms with Gasteiger partial charge in [-0.25, -0.2) is 0 Å². The number of rotatable bonds is 8. The number of hydrogen-bond donors (Lipinski definition) is 0. The standard InChI is InChI=1S/C24H26Br12O3/c1-3-17(9-37-10-17)15(19(27)7-5-13(25)21(29,30)23(19,33)34)39-16(18(4-2)11-38-12-18)20(28)8-6-14(26)22(31,32)24(20,35)36/h5-8,13-16H,3-4,9-12H2,1-2H3. The largest absolute Gasteiger partial charge is 0.380 e. The van der Waals surface area contributed by atoms with Gasteiger partial charge >= 0.3 is 0 Å². The molecule has 6 unspecified atom stereocenters. The molecule has 4 aliphatic rings. The summed E-state index contributed by atoms with van der Waals surface area (Å²) < 4.78 is 15.4. The maximum Gasteiger partial charge on any atom is 0.128 e. The molecule has 2 heterocycles. The van der Waals surface area contributed by atoms with Crippen LogP contribution in [0.3, 0.4) is 0 Å². The molecule has 0 radical (unpaired) electrons. The molecule has 0 N–H and O–H groups in total. The van der Waals surface area contributed by atoms with Crippen LogP contribution in [0.25, 0.3) is 0 Å². The highest BCUT2D eigenvalue weighted by Gasteiger charge is 2.73. The number of hydrogen-bond acceptors (Lipinski definition) is 3. The van der Waals surface area contributed by atoms with E-state index in [1.165, 1.54) is 0 Å². The van der Waals surface area contributed by atoms with Crippen LogP contribution >= 0.6 is 191 Å². The summed E-state index contributed by atoms with van der Waals surface area (Å²) >= 11 is 48.3. The van der Waals surface area contributed by atoms with Crippen LogP contribution in [0.2, 0.25) is 0 Å². The second kappa shape index (κ2) is 12.5. The predicted molar refractivity (Wildman–Crippen MR) is 205 cm³/mol. The normalized spacial score (nSPS) is 40.3. The van der Waals surface area contributed by atoms with Crippen LogP contribution < -0.4 is 0 Å². The van der Waals surface area contributed by atoms with Gasteiger partial charge in [0.25, 0.3) is 0 Å². The van der Waals surface area contributed by atoms with Gasteiger partial charge in [0, 0.05) is 10.8 Å². The molecular formula is C24H26Br12O3. The fourth-order valence-electron chi connectivity index (χ4n) is 5.59. The first kappa shape index (κ1) is 36.9. The molecule has 39 heavy (non-hydrogen) atoms. The molecule has 0 aromatic rings. The highest BCUT2D eigenvalue weighted by atomic mass is 79.9. The van der Waals surface area contributed by atoms with Crippen LogP contribution in [0.5, 0.6) is 0 Å². The van der Waals surface area contributed by atoms with Gasteiger partial charge in [-0.1, -0.05) is 229 Å². The molecule has 0 bridgehead atoms. The average molecular weight is 1320 g/mol. The molecule has 2 saturated heterocycles. The van der Waals surface area contributed by atoms with Crippen LogP contribution in [0.15, 0.2) is 24.3 Å². The van der Waals surface area contributed by atoms with E-state index in [1.54, 1.807) is 0 Å². The van der Waals surface area contributed by atoms with Crippen molar-refractivity contribution < 1.29 is 14.2 Å². The molecule has 0 aromatic carbocycles. The summed E-state index contributed by atoms with van der Waals surface area (Å²) in [5.41, 5.74) is -0.483. The van der Waals surface area contributed by atoms with Crippen molar-refractivity contribution in [2.75, 3.05) is 26.4 Å². The lowest BCUT2D eigenvalue weighted by atomic mass is 9.67. The molecule has 15 heteroatoms. The highest BCUT2D eigenvalue weighted by Crippen LogP contribution is 2.70. The summed E-state index contributed by atoms with van der Waals surface area (Å²) in [6.45, 7) is 6.84. The van der Waals surface area contributed by atoms with Gasteiger partial charge in [0.05, 0.1) is 56.9 Å². The second-order valence-corrected chi connectivity index (χ2v) is 29.4. The van der Waals surface area contributed by atoms with Crippen LogP contribution in [0.4, 0.5) is 0 Å². The van der Waals surface area contributed by atoms with E-state index in [9.17, 15) is 0 Å². The average Bonchev–Trinajstić information content (AvgIpc) is 2.80. The topological polar surface area (TPSA) is 27.7 Å². The number of ether oxygens (including phenoxy) is 3. The highest BCUT2D eigenvalue weighted by molar-refractivity contribution is 9.32. The molecule has 6 atom stereocenters. The molecule has 4 rings (SSSR count). The van der Waals surface area contributed by atoms with Gasteiger partial charge in [-0.2, -0.15) is 0 Å². The van der Waals surface area contributed by atoms with E-state index in [0.717, 1.165) is 12.8 Å².